The molecule has 0 N–H and O–H groups in total. The van der Waals surface area contributed by atoms with Crippen LogP contribution in [0, 0.1) is 52.5 Å². The van der Waals surface area contributed by atoms with Crippen molar-refractivity contribution in [2.45, 2.75) is 58.7 Å². The number of benzene rings is 4. The zero-order valence-corrected chi connectivity index (χ0v) is 29.8. The molecule has 18 heteroatoms. The van der Waals surface area contributed by atoms with E-state index in [0.717, 1.165) is 24.3 Å². The molecule has 4 aromatic carbocycles. The minimum atomic E-state index is -4.61. The molecule has 56 heavy (non-hydrogen) atoms. The van der Waals surface area contributed by atoms with Crippen molar-refractivity contribution in [3.05, 3.63) is 106 Å². The van der Waals surface area contributed by atoms with Gasteiger partial charge in [-0.05, 0) is 94.0 Å². The van der Waals surface area contributed by atoms with Gasteiger partial charge in [-0.1, -0.05) is 6.92 Å². The van der Waals surface area contributed by atoms with Crippen molar-refractivity contribution in [3.8, 4) is 34.5 Å². The van der Waals surface area contributed by atoms with Gasteiger partial charge in [0, 0.05) is 0 Å². The Morgan fingerprint density at radius 3 is 1.07 bits per heavy atom. The summed E-state index contributed by atoms with van der Waals surface area (Å²) < 4.78 is 202. The third-order valence-corrected chi connectivity index (χ3v) is 8.02. The van der Waals surface area contributed by atoms with Gasteiger partial charge in [0.2, 0.25) is 34.9 Å². The highest BCUT2D eigenvalue weighted by Gasteiger charge is 2.42. The summed E-state index contributed by atoms with van der Waals surface area (Å²) in [6, 6.07) is 5.32. The Morgan fingerprint density at radius 2 is 0.714 bits per heavy atom. The largest absolute Gasteiger partial charge is 0.491 e. The van der Waals surface area contributed by atoms with Crippen molar-refractivity contribution in [3.63, 3.8) is 0 Å². The smallest absolute Gasteiger partial charge is 0.429 e. The third-order valence-electron chi connectivity index (χ3n) is 8.02. The van der Waals surface area contributed by atoms with E-state index in [1.165, 1.54) is 13.8 Å². The summed E-state index contributed by atoms with van der Waals surface area (Å²) in [5, 5.41) is 0. The second-order valence-corrected chi connectivity index (χ2v) is 12.0. The first-order chi connectivity index (χ1) is 26.4. The van der Waals surface area contributed by atoms with Gasteiger partial charge in [0.15, 0.2) is 46.1 Å². The van der Waals surface area contributed by atoms with E-state index in [-0.39, 0.29) is 32.3 Å². The molecule has 0 spiro atoms. The molecule has 0 bridgehead atoms. The molecule has 0 aliphatic rings. The Morgan fingerprint density at radius 1 is 0.429 bits per heavy atom. The standard InChI is InChI=1S/C38H34F12O6/c1-4-51-23-12-10-21(29(39)31(23)41)37(47,48)55-27-16-14-25(33(43)35(27)45)53-18-6-8-20(3)9-7-19-54-26-15-17-28(36(46)34(26)44)56-38(49,50)22-11-13-24(52-5-2)32(42)30(22)40/h10-17,20H,4-9,18-19H2,1-3H3. The lowest BCUT2D eigenvalue weighted by molar-refractivity contribution is -0.190. The maximum Gasteiger partial charge on any atom is 0.429 e. The molecule has 4 aromatic rings. The Hall–Kier alpha value is -5.16. The molecular weight excluding hydrogens is 780 g/mol. The molecule has 0 aromatic heterocycles. The lowest BCUT2D eigenvalue weighted by atomic mass is 10.0. The van der Waals surface area contributed by atoms with Crippen LogP contribution in [-0.2, 0) is 12.2 Å². The molecule has 6 nitrogen and oxygen atoms in total. The Labute approximate surface area is 312 Å². The molecular formula is C38H34F12O6. The lowest BCUT2D eigenvalue weighted by Crippen LogP contribution is -2.25. The lowest BCUT2D eigenvalue weighted by Gasteiger charge is -2.20. The Kier molecular flexibility index (Phi) is 14.5. The van der Waals surface area contributed by atoms with Crippen LogP contribution in [-0.4, -0.2) is 26.4 Å². The van der Waals surface area contributed by atoms with E-state index < -0.39 is 104 Å². The van der Waals surface area contributed by atoms with Crippen molar-refractivity contribution in [2.24, 2.45) is 5.92 Å². The highest BCUT2D eigenvalue weighted by atomic mass is 19.3. The van der Waals surface area contributed by atoms with Gasteiger partial charge in [-0.3, -0.25) is 0 Å². The zero-order valence-electron chi connectivity index (χ0n) is 29.8. The van der Waals surface area contributed by atoms with Crippen LogP contribution in [0.1, 0.15) is 57.6 Å². The van der Waals surface area contributed by atoms with E-state index in [0.29, 0.717) is 49.9 Å². The molecule has 0 unspecified atom stereocenters. The van der Waals surface area contributed by atoms with Crippen LogP contribution < -0.4 is 28.4 Å². The zero-order chi connectivity index (χ0) is 41.4. The van der Waals surface area contributed by atoms with Crippen molar-refractivity contribution in [1.29, 1.82) is 0 Å². The van der Waals surface area contributed by atoms with Crippen LogP contribution in [0.5, 0.6) is 34.5 Å². The van der Waals surface area contributed by atoms with Crippen LogP contribution >= 0.6 is 0 Å². The first-order valence-corrected chi connectivity index (χ1v) is 17.0. The summed E-state index contributed by atoms with van der Waals surface area (Å²) in [5.41, 5.74) is -3.15. The van der Waals surface area contributed by atoms with Crippen molar-refractivity contribution >= 4 is 0 Å². The van der Waals surface area contributed by atoms with Gasteiger partial charge in [0.05, 0.1) is 26.4 Å². The van der Waals surface area contributed by atoms with Gasteiger partial charge in [-0.25, -0.2) is 8.78 Å². The number of alkyl halides is 4. The van der Waals surface area contributed by atoms with Crippen molar-refractivity contribution in [2.75, 3.05) is 26.4 Å². The molecule has 4 rings (SSSR count). The molecule has 0 fully saturated rings. The van der Waals surface area contributed by atoms with Crippen LogP contribution in [0.25, 0.3) is 0 Å². The highest BCUT2D eigenvalue weighted by Crippen LogP contribution is 2.40. The maximum absolute atomic E-state index is 14.6. The average Bonchev–Trinajstić information content (AvgIpc) is 3.14. The summed E-state index contributed by atoms with van der Waals surface area (Å²) in [6.07, 6.45) is -7.65. The third kappa shape index (κ3) is 10.2. The van der Waals surface area contributed by atoms with Gasteiger partial charge in [0.25, 0.3) is 0 Å². The monoisotopic (exact) mass is 814 g/mol. The van der Waals surface area contributed by atoms with Gasteiger partial charge >= 0.3 is 12.2 Å². The number of hydrogen-bond donors (Lipinski definition) is 0. The summed E-state index contributed by atoms with van der Waals surface area (Å²) in [6.45, 7) is 4.29. The van der Waals surface area contributed by atoms with Gasteiger partial charge in [-0.2, -0.15) is 43.9 Å². The number of hydrogen-bond acceptors (Lipinski definition) is 6. The second kappa shape index (κ2) is 18.7. The first-order valence-electron chi connectivity index (χ1n) is 17.0. The van der Waals surface area contributed by atoms with Crippen LogP contribution in [0.15, 0.2) is 48.5 Å². The Bertz CT molecular complexity index is 1840. The minimum Gasteiger partial charge on any atom is -0.491 e. The molecule has 0 heterocycles. The predicted molar refractivity (Wildman–Crippen MR) is 175 cm³/mol. The Balaban J connectivity index is 1.22. The highest BCUT2D eigenvalue weighted by molar-refractivity contribution is 5.39. The molecule has 306 valence electrons. The SMILES string of the molecule is CCOc1ccc(C(F)(F)Oc2ccc(OCCCC(C)CCCOc3ccc(OC(F)(F)c4ccc(OCC)c(F)c4F)c(F)c3F)c(F)c2F)c(F)c1F. The number of ether oxygens (including phenoxy) is 6. The van der Waals surface area contributed by atoms with E-state index in [2.05, 4.69) is 9.47 Å². The quantitative estimate of drug-likeness (QED) is 0.0654. The van der Waals surface area contributed by atoms with Crippen LogP contribution in [0.4, 0.5) is 52.7 Å². The van der Waals surface area contributed by atoms with Gasteiger partial charge < -0.3 is 28.4 Å². The summed E-state index contributed by atoms with van der Waals surface area (Å²) in [7, 11) is 0. The van der Waals surface area contributed by atoms with Crippen molar-refractivity contribution in [1.82, 2.24) is 0 Å². The van der Waals surface area contributed by atoms with E-state index in [4.69, 9.17) is 18.9 Å². The predicted octanol–water partition coefficient (Wildman–Crippen LogP) is 11.5. The van der Waals surface area contributed by atoms with E-state index in [1.807, 2.05) is 6.92 Å². The van der Waals surface area contributed by atoms with Crippen molar-refractivity contribution < 1.29 is 81.1 Å². The number of halogens is 12. The minimum absolute atomic E-state index is 0.0259. The van der Waals surface area contributed by atoms with Crippen LogP contribution in [0.3, 0.4) is 0 Å². The molecule has 0 aliphatic carbocycles. The summed E-state index contributed by atoms with van der Waals surface area (Å²) >= 11 is 0. The van der Waals surface area contributed by atoms with Gasteiger partial charge in [-0.15, -0.1) is 0 Å². The maximum atomic E-state index is 14.6. The fraction of sp³-hybridized carbons (Fsp3) is 0.368. The van der Waals surface area contributed by atoms with E-state index in [1.54, 1.807) is 0 Å². The fourth-order valence-electron chi connectivity index (χ4n) is 5.21. The topological polar surface area (TPSA) is 55.4 Å². The van der Waals surface area contributed by atoms with Crippen LogP contribution in [0.2, 0.25) is 0 Å². The number of rotatable bonds is 20. The molecule has 0 radical (unpaired) electrons. The summed E-state index contributed by atoms with van der Waals surface area (Å²) in [5.74, 6) is -19.7. The fourth-order valence-corrected chi connectivity index (χ4v) is 5.21. The second-order valence-electron chi connectivity index (χ2n) is 12.0. The molecule has 0 amide bonds. The molecule has 0 saturated carbocycles. The van der Waals surface area contributed by atoms with Gasteiger partial charge in [0.1, 0.15) is 11.1 Å². The normalized spacial score (nSPS) is 11.9. The molecule has 0 aliphatic heterocycles. The molecule has 0 saturated heterocycles. The summed E-state index contributed by atoms with van der Waals surface area (Å²) in [4.78, 5) is 0. The van der Waals surface area contributed by atoms with E-state index in [9.17, 15) is 52.7 Å². The molecule has 0 atom stereocenters. The average molecular weight is 815 g/mol. The van der Waals surface area contributed by atoms with E-state index >= 15 is 0 Å². The first kappa shape index (κ1) is 43.6.